The molecule has 0 saturated carbocycles. The lowest BCUT2D eigenvalue weighted by Gasteiger charge is -2.16. The molecule has 1 unspecified atom stereocenters. The lowest BCUT2D eigenvalue weighted by molar-refractivity contribution is -0.140. The first kappa shape index (κ1) is 23.5. The van der Waals surface area contributed by atoms with Gasteiger partial charge in [0.25, 0.3) is 5.91 Å². The number of halogens is 1. The first-order chi connectivity index (χ1) is 15.7. The van der Waals surface area contributed by atoms with Gasteiger partial charge in [0.05, 0.1) is 5.69 Å². The molecule has 3 amide bonds. The van der Waals surface area contributed by atoms with Crippen LogP contribution < -0.4 is 16.0 Å². The fourth-order valence-electron chi connectivity index (χ4n) is 3.11. The summed E-state index contributed by atoms with van der Waals surface area (Å²) < 4.78 is 18.8. The van der Waals surface area contributed by atoms with Crippen LogP contribution >= 0.6 is 0 Å². The van der Waals surface area contributed by atoms with Crippen LogP contribution in [0.15, 0.2) is 53.1 Å². The molecule has 4 N–H and O–H groups in total. The normalized spacial score (nSPS) is 11.7. The van der Waals surface area contributed by atoms with Gasteiger partial charge in [0, 0.05) is 17.3 Å². The van der Waals surface area contributed by atoms with Crippen molar-refractivity contribution in [2.24, 2.45) is 5.92 Å². The SMILES string of the molecule is Cc1cc(NC(=O)Nc2ccccc2F)ccc1-c1cc(C(=O)NC(C(=O)O)C(C)C)on1. The van der Waals surface area contributed by atoms with Crippen LogP contribution in [0.2, 0.25) is 0 Å². The Morgan fingerprint density at radius 2 is 1.79 bits per heavy atom. The van der Waals surface area contributed by atoms with Crippen LogP contribution in [-0.2, 0) is 4.79 Å². The Bertz CT molecular complexity index is 1190. The van der Waals surface area contributed by atoms with Crippen LogP contribution in [0.4, 0.5) is 20.6 Å². The summed E-state index contributed by atoms with van der Waals surface area (Å²) in [4.78, 5) is 35.8. The Kier molecular flexibility index (Phi) is 7.07. The van der Waals surface area contributed by atoms with E-state index in [0.717, 1.165) is 5.56 Å². The molecule has 0 radical (unpaired) electrons. The van der Waals surface area contributed by atoms with Crippen molar-refractivity contribution in [2.45, 2.75) is 26.8 Å². The Labute approximate surface area is 189 Å². The average Bonchev–Trinajstić information content (AvgIpc) is 3.23. The van der Waals surface area contributed by atoms with Crippen molar-refractivity contribution in [3.8, 4) is 11.3 Å². The largest absolute Gasteiger partial charge is 0.480 e. The monoisotopic (exact) mass is 454 g/mol. The third-order valence-corrected chi connectivity index (χ3v) is 4.84. The quantitative estimate of drug-likeness (QED) is 0.421. The number of benzene rings is 2. The number of aryl methyl sites for hydroxylation is 1. The van der Waals surface area contributed by atoms with E-state index in [0.29, 0.717) is 16.9 Å². The number of aromatic nitrogens is 1. The number of urea groups is 1. The number of carboxylic acids is 1. The minimum absolute atomic E-state index is 0.0550. The molecule has 2 aromatic carbocycles. The lowest BCUT2D eigenvalue weighted by Crippen LogP contribution is -2.44. The standard InChI is InChI=1S/C23H23FN4O5/c1-12(2)20(22(30)31)27-21(29)19-11-18(28-33-19)15-9-8-14(10-13(15)3)25-23(32)26-17-7-5-4-6-16(17)24/h4-12,20H,1-3H3,(H,27,29)(H,30,31)(H2,25,26,32). The summed E-state index contributed by atoms with van der Waals surface area (Å²) in [6, 6.07) is 10.5. The summed E-state index contributed by atoms with van der Waals surface area (Å²) in [5.41, 5.74) is 2.27. The molecule has 1 aromatic heterocycles. The summed E-state index contributed by atoms with van der Waals surface area (Å²) in [7, 11) is 0. The number of anilines is 2. The van der Waals surface area contributed by atoms with Gasteiger partial charge in [-0.1, -0.05) is 37.2 Å². The van der Waals surface area contributed by atoms with Crippen molar-refractivity contribution in [3.63, 3.8) is 0 Å². The van der Waals surface area contributed by atoms with Gasteiger partial charge >= 0.3 is 12.0 Å². The highest BCUT2D eigenvalue weighted by Crippen LogP contribution is 2.26. The second-order valence-electron chi connectivity index (χ2n) is 7.70. The van der Waals surface area contributed by atoms with Crippen LogP contribution in [0.3, 0.4) is 0 Å². The van der Waals surface area contributed by atoms with E-state index in [1.165, 1.54) is 24.3 Å². The van der Waals surface area contributed by atoms with Gasteiger partial charge in [0.15, 0.2) is 0 Å². The van der Waals surface area contributed by atoms with Crippen molar-refractivity contribution in [1.82, 2.24) is 10.5 Å². The van der Waals surface area contributed by atoms with Crippen molar-refractivity contribution in [2.75, 3.05) is 10.6 Å². The Morgan fingerprint density at radius 3 is 2.42 bits per heavy atom. The van der Waals surface area contributed by atoms with Crippen LogP contribution in [0, 0.1) is 18.7 Å². The molecule has 1 atom stereocenters. The minimum atomic E-state index is -1.14. The molecule has 0 aliphatic rings. The number of nitrogens with one attached hydrogen (secondary N) is 3. The number of para-hydroxylation sites is 1. The maximum Gasteiger partial charge on any atom is 0.326 e. The maximum atomic E-state index is 13.7. The molecule has 0 aliphatic carbocycles. The molecule has 172 valence electrons. The van der Waals surface area contributed by atoms with Gasteiger partial charge in [-0.3, -0.25) is 4.79 Å². The molecule has 0 fully saturated rings. The maximum absolute atomic E-state index is 13.7. The number of nitrogens with zero attached hydrogens (tertiary/aromatic N) is 1. The number of amides is 3. The number of carboxylic acid groups (broad SMARTS) is 1. The zero-order chi connectivity index (χ0) is 24.1. The van der Waals surface area contributed by atoms with E-state index in [4.69, 9.17) is 4.52 Å². The van der Waals surface area contributed by atoms with E-state index in [1.54, 1.807) is 45.0 Å². The highest BCUT2D eigenvalue weighted by molar-refractivity contribution is 6.00. The van der Waals surface area contributed by atoms with E-state index in [-0.39, 0.29) is 17.4 Å². The lowest BCUT2D eigenvalue weighted by atomic mass is 10.0. The van der Waals surface area contributed by atoms with Crippen molar-refractivity contribution in [1.29, 1.82) is 0 Å². The Balaban J connectivity index is 1.69. The molecule has 0 saturated heterocycles. The van der Waals surface area contributed by atoms with Gasteiger partial charge in [-0.2, -0.15) is 0 Å². The first-order valence-corrected chi connectivity index (χ1v) is 10.1. The smallest absolute Gasteiger partial charge is 0.326 e. The van der Waals surface area contributed by atoms with Gasteiger partial charge in [-0.15, -0.1) is 0 Å². The fourth-order valence-corrected chi connectivity index (χ4v) is 3.11. The van der Waals surface area contributed by atoms with E-state index in [2.05, 4.69) is 21.1 Å². The topological polar surface area (TPSA) is 134 Å². The summed E-state index contributed by atoms with van der Waals surface area (Å²) in [5, 5.41) is 20.6. The molecule has 3 aromatic rings. The molecule has 0 bridgehead atoms. The fraction of sp³-hybridized carbons (Fsp3) is 0.217. The summed E-state index contributed by atoms with van der Waals surface area (Å²) in [6.07, 6.45) is 0. The van der Waals surface area contributed by atoms with Gasteiger partial charge in [-0.05, 0) is 42.7 Å². The first-order valence-electron chi connectivity index (χ1n) is 10.1. The van der Waals surface area contributed by atoms with Crippen molar-refractivity contribution in [3.05, 3.63) is 65.7 Å². The third kappa shape index (κ3) is 5.73. The minimum Gasteiger partial charge on any atom is -0.480 e. The molecule has 10 heteroatoms. The van der Waals surface area contributed by atoms with Gasteiger partial charge in [0.2, 0.25) is 5.76 Å². The van der Waals surface area contributed by atoms with Crippen molar-refractivity contribution < 1.29 is 28.4 Å². The number of hydrogen-bond acceptors (Lipinski definition) is 5. The number of hydrogen-bond donors (Lipinski definition) is 4. The molecular formula is C23H23FN4O5. The number of aliphatic carboxylic acids is 1. The Morgan fingerprint density at radius 1 is 1.06 bits per heavy atom. The number of rotatable bonds is 7. The second kappa shape index (κ2) is 9.94. The predicted molar refractivity (Wildman–Crippen MR) is 119 cm³/mol. The van der Waals surface area contributed by atoms with Crippen LogP contribution in [0.25, 0.3) is 11.3 Å². The van der Waals surface area contributed by atoms with E-state index in [1.807, 2.05) is 0 Å². The van der Waals surface area contributed by atoms with Crippen LogP contribution in [0.5, 0.6) is 0 Å². The highest BCUT2D eigenvalue weighted by atomic mass is 19.1. The van der Waals surface area contributed by atoms with Crippen LogP contribution in [0.1, 0.15) is 30.0 Å². The van der Waals surface area contributed by atoms with Crippen LogP contribution in [-0.4, -0.2) is 34.2 Å². The average molecular weight is 454 g/mol. The van der Waals surface area contributed by atoms with Crippen molar-refractivity contribution >= 4 is 29.3 Å². The van der Waals surface area contributed by atoms with E-state index >= 15 is 0 Å². The third-order valence-electron chi connectivity index (χ3n) is 4.84. The molecule has 0 aliphatic heterocycles. The summed E-state index contributed by atoms with van der Waals surface area (Å²) >= 11 is 0. The Hall–Kier alpha value is -4.21. The molecule has 33 heavy (non-hydrogen) atoms. The predicted octanol–water partition coefficient (Wildman–Crippen LogP) is 4.27. The molecule has 0 spiro atoms. The van der Waals surface area contributed by atoms with Gasteiger partial charge in [-0.25, -0.2) is 14.0 Å². The molecule has 1 heterocycles. The second-order valence-corrected chi connectivity index (χ2v) is 7.70. The molecular weight excluding hydrogens is 431 g/mol. The number of carbonyl (C=O) groups is 3. The molecule has 3 rings (SSSR count). The van der Waals surface area contributed by atoms with Gasteiger partial charge < -0.3 is 25.6 Å². The molecule has 9 nitrogen and oxygen atoms in total. The summed E-state index contributed by atoms with van der Waals surface area (Å²) in [5.74, 6) is -2.81. The van der Waals surface area contributed by atoms with E-state index in [9.17, 15) is 23.9 Å². The zero-order valence-corrected chi connectivity index (χ0v) is 18.2. The zero-order valence-electron chi connectivity index (χ0n) is 18.2. The van der Waals surface area contributed by atoms with E-state index < -0.39 is 29.8 Å². The highest BCUT2D eigenvalue weighted by Gasteiger charge is 2.26. The van der Waals surface area contributed by atoms with Gasteiger partial charge in [0.1, 0.15) is 17.6 Å². The summed E-state index contributed by atoms with van der Waals surface area (Å²) in [6.45, 7) is 5.14. The number of carbonyl (C=O) groups excluding carboxylic acids is 2.